The first-order valence-electron chi connectivity index (χ1n) is 7.96. The normalized spacial score (nSPS) is 18.3. The van der Waals surface area contributed by atoms with E-state index in [1.54, 1.807) is 6.92 Å². The van der Waals surface area contributed by atoms with Crippen molar-refractivity contribution in [2.45, 2.75) is 70.8 Å². The standard InChI is InChI=1S/C17H28O4/c1-4-5-11-21-17(9-7-6-8-10-17)15(18)12-14(2)13-16(19)20-3/h13H,4-12H2,1-3H3/b14-13+. The van der Waals surface area contributed by atoms with Gasteiger partial charge in [-0.05, 0) is 26.2 Å². The summed E-state index contributed by atoms with van der Waals surface area (Å²) in [5.74, 6) is -0.305. The maximum Gasteiger partial charge on any atom is 0.330 e. The van der Waals surface area contributed by atoms with E-state index in [9.17, 15) is 9.59 Å². The molecule has 21 heavy (non-hydrogen) atoms. The molecule has 120 valence electrons. The fourth-order valence-electron chi connectivity index (χ4n) is 2.76. The third-order valence-electron chi connectivity index (χ3n) is 4.05. The number of unbranched alkanes of at least 4 members (excludes halogenated alkanes) is 1. The number of Topliss-reactive ketones (excluding diaryl/α,β-unsaturated/α-hetero) is 1. The van der Waals surface area contributed by atoms with Crippen molar-refractivity contribution in [2.75, 3.05) is 13.7 Å². The molecule has 0 N–H and O–H groups in total. The molecule has 1 fully saturated rings. The van der Waals surface area contributed by atoms with Crippen LogP contribution in [0.4, 0.5) is 0 Å². The quantitative estimate of drug-likeness (QED) is 0.390. The van der Waals surface area contributed by atoms with Gasteiger partial charge in [0.25, 0.3) is 0 Å². The predicted molar refractivity (Wildman–Crippen MR) is 82.1 cm³/mol. The summed E-state index contributed by atoms with van der Waals surface area (Å²) in [5, 5.41) is 0. The monoisotopic (exact) mass is 296 g/mol. The van der Waals surface area contributed by atoms with E-state index in [0.29, 0.717) is 6.61 Å². The number of hydrogen-bond acceptors (Lipinski definition) is 4. The van der Waals surface area contributed by atoms with E-state index in [2.05, 4.69) is 11.7 Å². The van der Waals surface area contributed by atoms with E-state index >= 15 is 0 Å². The lowest BCUT2D eigenvalue weighted by Gasteiger charge is -2.36. The van der Waals surface area contributed by atoms with Gasteiger partial charge in [-0.1, -0.05) is 38.2 Å². The Bertz CT molecular complexity index is 378. The van der Waals surface area contributed by atoms with Crippen LogP contribution in [0.25, 0.3) is 0 Å². The van der Waals surface area contributed by atoms with Crippen molar-refractivity contribution in [3.05, 3.63) is 11.6 Å². The van der Waals surface area contributed by atoms with Crippen molar-refractivity contribution < 1.29 is 19.1 Å². The number of ketones is 1. The molecule has 0 spiro atoms. The van der Waals surface area contributed by atoms with E-state index in [1.165, 1.54) is 19.6 Å². The molecular formula is C17H28O4. The Kier molecular flexibility index (Phi) is 7.65. The molecule has 0 heterocycles. The molecule has 1 aliphatic carbocycles. The van der Waals surface area contributed by atoms with Crippen LogP contribution in [-0.4, -0.2) is 31.1 Å². The van der Waals surface area contributed by atoms with E-state index in [1.807, 2.05) is 0 Å². The number of carbonyl (C=O) groups excluding carboxylic acids is 2. The highest BCUT2D eigenvalue weighted by Gasteiger charge is 2.39. The number of carbonyl (C=O) groups is 2. The molecule has 0 aliphatic heterocycles. The van der Waals surface area contributed by atoms with E-state index in [0.717, 1.165) is 44.1 Å². The van der Waals surface area contributed by atoms with Gasteiger partial charge in [-0.25, -0.2) is 4.79 Å². The number of ether oxygens (including phenoxy) is 2. The Labute approximate surface area is 127 Å². The Morgan fingerprint density at radius 3 is 2.43 bits per heavy atom. The number of methoxy groups -OCH3 is 1. The van der Waals surface area contributed by atoms with Crippen LogP contribution < -0.4 is 0 Å². The van der Waals surface area contributed by atoms with Gasteiger partial charge >= 0.3 is 5.97 Å². The van der Waals surface area contributed by atoms with Crippen LogP contribution in [-0.2, 0) is 19.1 Å². The predicted octanol–water partition coefficient (Wildman–Crippen LogP) is 3.58. The van der Waals surface area contributed by atoms with Crippen LogP contribution in [0.1, 0.15) is 65.2 Å². The summed E-state index contributed by atoms with van der Waals surface area (Å²) in [6.45, 7) is 4.54. The summed E-state index contributed by atoms with van der Waals surface area (Å²) in [6.07, 6.45) is 8.56. The van der Waals surface area contributed by atoms with Crippen molar-refractivity contribution in [1.82, 2.24) is 0 Å². The summed E-state index contributed by atoms with van der Waals surface area (Å²) in [5.41, 5.74) is 0.106. The molecule has 4 nitrogen and oxygen atoms in total. The minimum atomic E-state index is -0.626. The number of allylic oxidation sites excluding steroid dienone is 1. The fraction of sp³-hybridized carbons (Fsp3) is 0.765. The zero-order valence-electron chi connectivity index (χ0n) is 13.6. The van der Waals surface area contributed by atoms with Crippen LogP contribution in [0.3, 0.4) is 0 Å². The highest BCUT2D eigenvalue weighted by molar-refractivity contribution is 5.91. The van der Waals surface area contributed by atoms with Gasteiger partial charge in [-0.15, -0.1) is 0 Å². The van der Waals surface area contributed by atoms with Crippen LogP contribution >= 0.6 is 0 Å². The van der Waals surface area contributed by atoms with Crippen molar-refractivity contribution in [3.8, 4) is 0 Å². The second kappa shape index (κ2) is 8.98. The second-order valence-electron chi connectivity index (χ2n) is 5.87. The van der Waals surface area contributed by atoms with Crippen LogP contribution in [0.15, 0.2) is 11.6 Å². The van der Waals surface area contributed by atoms with E-state index in [4.69, 9.17) is 4.74 Å². The van der Waals surface area contributed by atoms with Gasteiger partial charge in [0, 0.05) is 19.1 Å². The van der Waals surface area contributed by atoms with Crippen LogP contribution in [0.5, 0.6) is 0 Å². The van der Waals surface area contributed by atoms with Crippen molar-refractivity contribution >= 4 is 11.8 Å². The molecule has 0 saturated heterocycles. The lowest BCUT2D eigenvalue weighted by Crippen LogP contribution is -2.43. The van der Waals surface area contributed by atoms with E-state index < -0.39 is 11.6 Å². The van der Waals surface area contributed by atoms with Gasteiger partial charge in [0.1, 0.15) is 5.60 Å². The van der Waals surface area contributed by atoms with Gasteiger partial charge in [-0.3, -0.25) is 4.79 Å². The van der Waals surface area contributed by atoms with Crippen molar-refractivity contribution in [1.29, 1.82) is 0 Å². The molecule has 0 aromatic rings. The summed E-state index contributed by atoms with van der Waals surface area (Å²) in [6, 6.07) is 0. The van der Waals surface area contributed by atoms with Crippen LogP contribution in [0, 0.1) is 0 Å². The molecule has 1 aliphatic rings. The summed E-state index contributed by atoms with van der Waals surface area (Å²) < 4.78 is 10.6. The summed E-state index contributed by atoms with van der Waals surface area (Å²) >= 11 is 0. The summed E-state index contributed by atoms with van der Waals surface area (Å²) in [7, 11) is 1.34. The minimum Gasteiger partial charge on any atom is -0.466 e. The highest BCUT2D eigenvalue weighted by Crippen LogP contribution is 2.34. The van der Waals surface area contributed by atoms with Crippen LogP contribution in [0.2, 0.25) is 0 Å². The Balaban J connectivity index is 2.71. The van der Waals surface area contributed by atoms with Gasteiger partial charge in [-0.2, -0.15) is 0 Å². The van der Waals surface area contributed by atoms with Gasteiger partial charge < -0.3 is 9.47 Å². The number of hydrogen-bond donors (Lipinski definition) is 0. The van der Waals surface area contributed by atoms with E-state index in [-0.39, 0.29) is 12.2 Å². The molecule has 4 heteroatoms. The maximum atomic E-state index is 12.7. The zero-order chi connectivity index (χ0) is 15.7. The summed E-state index contributed by atoms with van der Waals surface area (Å²) in [4.78, 5) is 23.9. The molecule has 0 atom stereocenters. The first-order chi connectivity index (χ1) is 10.0. The fourth-order valence-corrected chi connectivity index (χ4v) is 2.76. The third-order valence-corrected chi connectivity index (χ3v) is 4.05. The minimum absolute atomic E-state index is 0.107. The lowest BCUT2D eigenvalue weighted by molar-refractivity contribution is -0.149. The molecule has 1 saturated carbocycles. The Morgan fingerprint density at radius 2 is 1.86 bits per heavy atom. The zero-order valence-corrected chi connectivity index (χ0v) is 13.6. The van der Waals surface area contributed by atoms with Gasteiger partial charge in [0.2, 0.25) is 0 Å². The highest BCUT2D eigenvalue weighted by atomic mass is 16.5. The molecular weight excluding hydrogens is 268 g/mol. The molecule has 0 aromatic heterocycles. The SMILES string of the molecule is CCCCOC1(C(=O)C/C(C)=C/C(=O)OC)CCCCC1. The average molecular weight is 296 g/mol. The maximum absolute atomic E-state index is 12.7. The first kappa shape index (κ1) is 17.9. The first-order valence-corrected chi connectivity index (χ1v) is 7.96. The largest absolute Gasteiger partial charge is 0.466 e. The molecule has 0 aromatic carbocycles. The molecule has 0 bridgehead atoms. The Morgan fingerprint density at radius 1 is 1.19 bits per heavy atom. The topological polar surface area (TPSA) is 52.6 Å². The Hall–Kier alpha value is -1.16. The lowest BCUT2D eigenvalue weighted by atomic mass is 9.79. The second-order valence-corrected chi connectivity index (χ2v) is 5.87. The molecule has 0 amide bonds. The van der Waals surface area contributed by atoms with Gasteiger partial charge in [0.15, 0.2) is 5.78 Å². The molecule has 0 unspecified atom stereocenters. The number of esters is 1. The van der Waals surface area contributed by atoms with Crippen molar-refractivity contribution in [3.63, 3.8) is 0 Å². The van der Waals surface area contributed by atoms with Gasteiger partial charge in [0.05, 0.1) is 7.11 Å². The van der Waals surface area contributed by atoms with Crippen molar-refractivity contribution in [2.24, 2.45) is 0 Å². The average Bonchev–Trinajstić information content (AvgIpc) is 2.48. The molecule has 1 rings (SSSR count). The number of rotatable bonds is 8. The third kappa shape index (κ3) is 5.62. The smallest absolute Gasteiger partial charge is 0.330 e. The molecule has 0 radical (unpaired) electrons.